The van der Waals surface area contributed by atoms with Gasteiger partial charge in [0.1, 0.15) is 11.6 Å². The summed E-state index contributed by atoms with van der Waals surface area (Å²) in [5.41, 5.74) is 4.77. The van der Waals surface area contributed by atoms with Crippen LogP contribution in [-0.2, 0) is 5.88 Å². The standard InChI is InChI=1S/C16H13BrClFN2/c1-9-3-4-14(10(2)5-9)21-15-6-11(17)12(19)7-13(15)20-16(21)8-18/h3-7H,8H2,1-2H3. The molecular formula is C16H13BrClFN2. The van der Waals surface area contributed by atoms with Gasteiger partial charge in [0.15, 0.2) is 0 Å². The van der Waals surface area contributed by atoms with E-state index in [1.54, 1.807) is 6.07 Å². The molecule has 21 heavy (non-hydrogen) atoms. The average Bonchev–Trinajstić information content (AvgIpc) is 2.77. The van der Waals surface area contributed by atoms with E-state index in [9.17, 15) is 4.39 Å². The first kappa shape index (κ1) is 14.5. The van der Waals surface area contributed by atoms with Crippen molar-refractivity contribution in [2.24, 2.45) is 0 Å². The summed E-state index contributed by atoms with van der Waals surface area (Å²) >= 11 is 9.26. The normalized spacial score (nSPS) is 11.3. The SMILES string of the molecule is Cc1ccc(-n2c(CCl)nc3cc(F)c(Br)cc32)c(C)c1. The second kappa shape index (κ2) is 5.43. The summed E-state index contributed by atoms with van der Waals surface area (Å²) in [6.07, 6.45) is 0. The molecule has 0 bridgehead atoms. The largest absolute Gasteiger partial charge is 0.295 e. The summed E-state index contributed by atoms with van der Waals surface area (Å²) in [6, 6.07) is 9.37. The molecule has 0 N–H and O–H groups in total. The van der Waals surface area contributed by atoms with Crippen molar-refractivity contribution in [3.8, 4) is 5.69 Å². The van der Waals surface area contributed by atoms with Crippen LogP contribution in [0.3, 0.4) is 0 Å². The fourth-order valence-electron chi connectivity index (χ4n) is 2.54. The molecule has 0 saturated heterocycles. The fourth-order valence-corrected chi connectivity index (χ4v) is 3.05. The Morgan fingerprint density at radius 1 is 1.24 bits per heavy atom. The number of hydrogen-bond acceptors (Lipinski definition) is 1. The number of rotatable bonds is 2. The number of aromatic nitrogens is 2. The molecule has 3 rings (SSSR count). The van der Waals surface area contributed by atoms with Gasteiger partial charge in [-0.3, -0.25) is 4.57 Å². The maximum atomic E-state index is 13.7. The summed E-state index contributed by atoms with van der Waals surface area (Å²) in [5, 5.41) is 0. The molecule has 1 heterocycles. The number of alkyl halides is 1. The van der Waals surface area contributed by atoms with Crippen LogP contribution in [0.2, 0.25) is 0 Å². The van der Waals surface area contributed by atoms with Gasteiger partial charge in [0.05, 0.1) is 27.1 Å². The average molecular weight is 368 g/mol. The maximum absolute atomic E-state index is 13.7. The molecular weight excluding hydrogens is 355 g/mol. The lowest BCUT2D eigenvalue weighted by Crippen LogP contribution is -2.02. The van der Waals surface area contributed by atoms with Crippen molar-refractivity contribution in [1.82, 2.24) is 9.55 Å². The van der Waals surface area contributed by atoms with Gasteiger partial charge in [-0.25, -0.2) is 9.37 Å². The van der Waals surface area contributed by atoms with Crippen molar-refractivity contribution in [2.45, 2.75) is 19.7 Å². The van der Waals surface area contributed by atoms with Crippen LogP contribution in [0.1, 0.15) is 17.0 Å². The highest BCUT2D eigenvalue weighted by Crippen LogP contribution is 2.29. The Balaban J connectivity index is 2.37. The van der Waals surface area contributed by atoms with E-state index in [1.165, 1.54) is 11.6 Å². The molecule has 1 aromatic heterocycles. The van der Waals surface area contributed by atoms with Gasteiger partial charge in [-0.05, 0) is 47.5 Å². The van der Waals surface area contributed by atoms with Crippen molar-refractivity contribution in [2.75, 3.05) is 0 Å². The monoisotopic (exact) mass is 366 g/mol. The van der Waals surface area contributed by atoms with Gasteiger partial charge < -0.3 is 0 Å². The van der Waals surface area contributed by atoms with Crippen LogP contribution in [-0.4, -0.2) is 9.55 Å². The molecule has 0 fully saturated rings. The van der Waals surface area contributed by atoms with E-state index in [0.717, 1.165) is 16.8 Å². The number of aryl methyl sites for hydroxylation is 2. The molecule has 0 aliphatic heterocycles. The van der Waals surface area contributed by atoms with E-state index in [0.29, 0.717) is 15.8 Å². The molecule has 0 amide bonds. The van der Waals surface area contributed by atoms with Crippen LogP contribution in [0.25, 0.3) is 16.7 Å². The number of hydrogen-bond donors (Lipinski definition) is 0. The zero-order valence-electron chi connectivity index (χ0n) is 11.6. The van der Waals surface area contributed by atoms with Crippen LogP contribution < -0.4 is 0 Å². The minimum absolute atomic E-state index is 0.265. The first-order valence-corrected chi connectivity index (χ1v) is 7.84. The Kier molecular flexibility index (Phi) is 3.76. The van der Waals surface area contributed by atoms with Crippen molar-refractivity contribution in [3.05, 3.63) is 57.6 Å². The first-order valence-electron chi connectivity index (χ1n) is 6.51. The van der Waals surface area contributed by atoms with E-state index < -0.39 is 0 Å². The quantitative estimate of drug-likeness (QED) is 0.563. The highest BCUT2D eigenvalue weighted by molar-refractivity contribution is 9.10. The zero-order valence-corrected chi connectivity index (χ0v) is 14.0. The predicted molar refractivity (Wildman–Crippen MR) is 87.8 cm³/mol. The Bertz CT molecular complexity index is 842. The van der Waals surface area contributed by atoms with Crippen molar-refractivity contribution >= 4 is 38.6 Å². The van der Waals surface area contributed by atoms with E-state index in [4.69, 9.17) is 11.6 Å². The van der Waals surface area contributed by atoms with E-state index in [-0.39, 0.29) is 11.7 Å². The summed E-state index contributed by atoms with van der Waals surface area (Å²) in [7, 11) is 0. The molecule has 5 heteroatoms. The van der Waals surface area contributed by atoms with Gasteiger partial charge in [-0.2, -0.15) is 0 Å². The molecule has 0 atom stereocenters. The molecule has 0 unspecified atom stereocenters. The number of halogens is 3. The lowest BCUT2D eigenvalue weighted by atomic mass is 10.1. The number of fused-ring (bicyclic) bond motifs is 1. The number of imidazole rings is 1. The summed E-state index contributed by atoms with van der Waals surface area (Å²) in [5.74, 6) is 0.645. The van der Waals surface area contributed by atoms with Crippen molar-refractivity contribution in [3.63, 3.8) is 0 Å². The van der Waals surface area contributed by atoms with Crippen LogP contribution in [0.5, 0.6) is 0 Å². The highest BCUT2D eigenvalue weighted by atomic mass is 79.9. The zero-order chi connectivity index (χ0) is 15.1. The lowest BCUT2D eigenvalue weighted by molar-refractivity contribution is 0.623. The minimum atomic E-state index is -0.325. The summed E-state index contributed by atoms with van der Waals surface area (Å²) in [6.45, 7) is 4.10. The third-order valence-electron chi connectivity index (χ3n) is 3.48. The van der Waals surface area contributed by atoms with Crippen LogP contribution in [0.4, 0.5) is 4.39 Å². The van der Waals surface area contributed by atoms with Crippen LogP contribution in [0.15, 0.2) is 34.8 Å². The van der Waals surface area contributed by atoms with Crippen molar-refractivity contribution in [1.29, 1.82) is 0 Å². The Morgan fingerprint density at radius 2 is 2.00 bits per heavy atom. The van der Waals surface area contributed by atoms with Gasteiger partial charge in [0.25, 0.3) is 0 Å². The van der Waals surface area contributed by atoms with Gasteiger partial charge in [0, 0.05) is 6.07 Å². The van der Waals surface area contributed by atoms with Gasteiger partial charge >= 0.3 is 0 Å². The van der Waals surface area contributed by atoms with Crippen LogP contribution >= 0.6 is 27.5 Å². The molecule has 0 radical (unpaired) electrons. The molecule has 0 aliphatic rings. The van der Waals surface area contributed by atoms with Gasteiger partial charge in [-0.15, -0.1) is 11.6 Å². The van der Waals surface area contributed by atoms with Crippen molar-refractivity contribution < 1.29 is 4.39 Å². The third-order valence-corrected chi connectivity index (χ3v) is 4.33. The molecule has 108 valence electrons. The smallest absolute Gasteiger partial charge is 0.139 e. The Morgan fingerprint density at radius 3 is 2.67 bits per heavy atom. The molecule has 2 nitrogen and oxygen atoms in total. The lowest BCUT2D eigenvalue weighted by Gasteiger charge is -2.12. The topological polar surface area (TPSA) is 17.8 Å². The summed E-state index contributed by atoms with van der Waals surface area (Å²) < 4.78 is 16.1. The molecule has 0 spiro atoms. The predicted octanol–water partition coefficient (Wildman–Crippen LogP) is 5.28. The van der Waals surface area contributed by atoms with E-state index in [2.05, 4.69) is 33.9 Å². The summed E-state index contributed by atoms with van der Waals surface area (Å²) in [4.78, 5) is 4.44. The Labute approximate surface area is 135 Å². The Hall–Kier alpha value is -1.39. The third kappa shape index (κ3) is 2.47. The van der Waals surface area contributed by atoms with E-state index in [1.807, 2.05) is 23.6 Å². The fraction of sp³-hybridized carbons (Fsp3) is 0.188. The second-order valence-electron chi connectivity index (χ2n) is 5.04. The molecule has 0 saturated carbocycles. The molecule has 3 aromatic rings. The number of benzene rings is 2. The second-order valence-corrected chi connectivity index (χ2v) is 6.16. The maximum Gasteiger partial charge on any atom is 0.139 e. The first-order chi connectivity index (χ1) is 10.0. The van der Waals surface area contributed by atoms with Gasteiger partial charge in [-0.1, -0.05) is 17.7 Å². The minimum Gasteiger partial charge on any atom is -0.295 e. The molecule has 0 aliphatic carbocycles. The molecule has 2 aromatic carbocycles. The number of nitrogens with zero attached hydrogens (tertiary/aromatic N) is 2. The van der Waals surface area contributed by atoms with Crippen LogP contribution in [0, 0.1) is 19.7 Å². The van der Waals surface area contributed by atoms with E-state index >= 15 is 0 Å². The highest BCUT2D eigenvalue weighted by Gasteiger charge is 2.15. The van der Waals surface area contributed by atoms with Gasteiger partial charge in [0.2, 0.25) is 0 Å².